The number of rotatable bonds is 21. The lowest BCUT2D eigenvalue weighted by molar-refractivity contribution is -0.385. The highest BCUT2D eigenvalue weighted by atomic mass is 16.8. The number of carbonyl (C=O) groups is 4. The van der Waals surface area contributed by atoms with E-state index in [-0.39, 0.29) is 43.9 Å². The van der Waals surface area contributed by atoms with Crippen LogP contribution in [-0.2, 0) is 76.0 Å². The summed E-state index contributed by atoms with van der Waals surface area (Å²) in [6, 6.07) is 0. The summed E-state index contributed by atoms with van der Waals surface area (Å²) < 4.78 is 75.2. The van der Waals surface area contributed by atoms with E-state index < -0.39 is 221 Å². The van der Waals surface area contributed by atoms with Crippen LogP contribution in [0.5, 0.6) is 0 Å². The molecule has 8 rings (SSSR count). The normalized spacial score (nSPS) is 45.9. The van der Waals surface area contributed by atoms with E-state index in [9.17, 15) is 80.5 Å². The van der Waals surface area contributed by atoms with Crippen molar-refractivity contribution < 1.29 is 147 Å². The topological polar surface area (TPSA) is 455 Å². The van der Waals surface area contributed by atoms with Crippen molar-refractivity contribution in [3.63, 3.8) is 0 Å². The predicted molar refractivity (Wildman–Crippen MR) is 283 cm³/mol. The Morgan fingerprint density at radius 2 is 1.13 bits per heavy atom. The summed E-state index contributed by atoms with van der Waals surface area (Å²) in [5, 5.41) is 142. The molecule has 0 spiro atoms. The average Bonchev–Trinajstić information content (AvgIpc) is 3.56. The van der Waals surface area contributed by atoms with Gasteiger partial charge in [0.05, 0.1) is 61.4 Å². The van der Waals surface area contributed by atoms with Crippen molar-refractivity contribution in [1.82, 2.24) is 0 Å². The molecule has 0 aromatic rings. The fourth-order valence-electron chi connectivity index (χ4n) is 13.2. The van der Waals surface area contributed by atoms with Crippen LogP contribution in [0.4, 0.5) is 0 Å². The van der Waals surface area contributed by atoms with Gasteiger partial charge in [-0.3, -0.25) is 9.59 Å². The summed E-state index contributed by atoms with van der Waals surface area (Å²) in [6.07, 6.45) is -29.1. The highest BCUT2D eigenvalue weighted by Crippen LogP contribution is 2.45. The number of ether oxygens (including phenoxy) is 13. The molecule has 28 unspecified atom stereocenters. The number of esters is 3. The second kappa shape index (κ2) is 31.0. The van der Waals surface area contributed by atoms with Crippen LogP contribution in [0.25, 0.3) is 0 Å². The zero-order valence-corrected chi connectivity index (χ0v) is 48.0. The van der Waals surface area contributed by atoms with E-state index in [2.05, 4.69) is 0 Å². The van der Waals surface area contributed by atoms with Crippen molar-refractivity contribution in [2.75, 3.05) is 41.2 Å². The molecule has 490 valence electrons. The maximum absolute atomic E-state index is 13.6. The molecule has 86 heavy (non-hydrogen) atoms. The fourth-order valence-corrected chi connectivity index (χ4v) is 13.2. The molecule has 0 bridgehead atoms. The molecule has 4 saturated heterocycles. The van der Waals surface area contributed by atoms with Gasteiger partial charge in [-0.2, -0.15) is 0 Å². The van der Waals surface area contributed by atoms with E-state index in [1.165, 1.54) is 33.5 Å². The van der Waals surface area contributed by atoms with E-state index in [0.717, 1.165) is 6.08 Å². The number of carbonyl (C=O) groups excluding carboxylic acids is 3. The SMILES string of the molecule is COC1CC(C=CC(=O)OCC2OC(OC3CC4C(OC5OC(COC(=O)CC(=O)O)C(O)C(O)C5O)CC(O)CC4[OH+]C3C3CCC(O)C(O)C3)C(OC3OCC(O)C(O)C3OC(=O)C=CC3CC(OC)C(O)C(OC)C3)C(O)C2O)CCC1O. The third-order valence-electron chi connectivity index (χ3n) is 18.1. The number of aliphatic hydroxyl groups is 14. The van der Waals surface area contributed by atoms with Crippen molar-refractivity contribution in [3.8, 4) is 0 Å². The first kappa shape index (κ1) is 68.4. The fraction of sp³-hybridized carbons (Fsp3) is 0.857. The third-order valence-corrected chi connectivity index (χ3v) is 18.1. The van der Waals surface area contributed by atoms with Gasteiger partial charge >= 0.3 is 23.9 Å². The molecule has 4 saturated carbocycles. The number of aliphatic hydroxyl groups excluding tert-OH is 12. The van der Waals surface area contributed by atoms with Gasteiger partial charge in [0.1, 0.15) is 92.9 Å². The predicted octanol–water partition coefficient (Wildman–Crippen LogP) is -5.00. The van der Waals surface area contributed by atoms with Gasteiger partial charge in [-0.1, -0.05) is 12.2 Å². The molecular formula is C56H87O30+. The minimum absolute atomic E-state index is 0.0164. The molecule has 8 aliphatic rings. The number of hydrogen-bond acceptors (Lipinski definition) is 28. The quantitative estimate of drug-likeness (QED) is 0.0168. The Hall–Kier alpha value is -3.52. The van der Waals surface area contributed by atoms with Crippen LogP contribution in [0, 0.1) is 23.7 Å². The maximum Gasteiger partial charge on any atom is 0.330 e. The summed E-state index contributed by atoms with van der Waals surface area (Å²) in [5.74, 6) is -6.33. The van der Waals surface area contributed by atoms with Crippen LogP contribution in [-0.4, -0.2) is 295 Å². The summed E-state index contributed by atoms with van der Waals surface area (Å²) in [4.78, 5) is 50.1. The molecule has 30 nitrogen and oxygen atoms in total. The zero-order valence-electron chi connectivity index (χ0n) is 48.0. The van der Waals surface area contributed by atoms with Gasteiger partial charge in [-0.25, -0.2) is 9.59 Å². The van der Waals surface area contributed by atoms with Crippen LogP contribution >= 0.6 is 0 Å². The molecule has 0 aromatic carbocycles. The van der Waals surface area contributed by atoms with E-state index in [1.54, 1.807) is 6.08 Å². The summed E-state index contributed by atoms with van der Waals surface area (Å²) in [7, 11) is 4.33. The summed E-state index contributed by atoms with van der Waals surface area (Å²) >= 11 is 0. The molecule has 30 heteroatoms. The molecule has 8 fully saturated rings. The lowest BCUT2D eigenvalue weighted by atomic mass is 9.72. The van der Waals surface area contributed by atoms with Gasteiger partial charge in [0.15, 0.2) is 37.2 Å². The zero-order chi connectivity index (χ0) is 62.3. The summed E-state index contributed by atoms with van der Waals surface area (Å²) in [6.45, 7) is -2.02. The Morgan fingerprint density at radius 1 is 0.512 bits per heavy atom. The van der Waals surface area contributed by atoms with E-state index >= 15 is 0 Å². The largest absolute Gasteiger partial charge is 0.481 e. The molecule has 28 atom stereocenters. The van der Waals surface area contributed by atoms with Crippen molar-refractivity contribution in [1.29, 1.82) is 0 Å². The minimum Gasteiger partial charge on any atom is -0.481 e. The first-order valence-corrected chi connectivity index (χ1v) is 29.4. The Bertz CT molecular complexity index is 2250. The number of aliphatic carboxylic acids is 1. The molecule has 4 aliphatic carbocycles. The number of carboxylic acid groups (broad SMARTS) is 1. The van der Waals surface area contributed by atoms with Crippen molar-refractivity contribution >= 4 is 23.9 Å². The molecule has 14 N–H and O–H groups in total. The van der Waals surface area contributed by atoms with Crippen LogP contribution < -0.4 is 0 Å². The number of hydrogen-bond donors (Lipinski definition) is 13. The van der Waals surface area contributed by atoms with Gasteiger partial charge in [0.2, 0.25) is 0 Å². The molecule has 4 aliphatic heterocycles. The Morgan fingerprint density at radius 3 is 1.80 bits per heavy atom. The highest BCUT2D eigenvalue weighted by molar-refractivity contribution is 5.90. The number of allylic oxidation sites excluding steroid dienone is 2. The van der Waals surface area contributed by atoms with Gasteiger partial charge in [0, 0.05) is 52.2 Å². The third kappa shape index (κ3) is 16.9. The van der Waals surface area contributed by atoms with E-state index in [4.69, 9.17) is 66.7 Å². The summed E-state index contributed by atoms with van der Waals surface area (Å²) in [5.41, 5.74) is 0. The van der Waals surface area contributed by atoms with Crippen LogP contribution in [0.2, 0.25) is 0 Å². The van der Waals surface area contributed by atoms with Gasteiger partial charge in [-0.05, 0) is 69.6 Å². The Labute approximate surface area is 495 Å². The lowest BCUT2D eigenvalue weighted by Crippen LogP contribution is -2.66. The second-order valence-corrected chi connectivity index (χ2v) is 23.9. The van der Waals surface area contributed by atoms with Crippen molar-refractivity contribution in [2.24, 2.45) is 23.7 Å². The average molecular weight is 1240 g/mol. The minimum atomic E-state index is -2.03. The second-order valence-electron chi connectivity index (χ2n) is 23.9. The Balaban J connectivity index is 1.06. The van der Waals surface area contributed by atoms with Crippen molar-refractivity contribution in [3.05, 3.63) is 24.3 Å². The number of methoxy groups -OCH3 is 3. The smallest absolute Gasteiger partial charge is 0.330 e. The van der Waals surface area contributed by atoms with Gasteiger partial charge < -0.3 is 128 Å². The van der Waals surface area contributed by atoms with E-state index in [0.29, 0.717) is 38.5 Å². The molecule has 0 radical (unpaired) electrons. The Kier molecular flexibility index (Phi) is 24.7. The molecular weight excluding hydrogens is 1150 g/mol. The first-order valence-electron chi connectivity index (χ1n) is 29.4. The highest BCUT2D eigenvalue weighted by Gasteiger charge is 2.58. The first-order chi connectivity index (χ1) is 41.0. The standard InChI is InChI=1S/C56H86O30/c1-74-34-12-23(4-8-29(34)59)5-10-41(64)77-21-39-47(70)49(72)53(86-55-52(44(67)31(61)20-79-55)85-42(65)11-6-24-13-35(75-2)45(68)36(14-24)76-3)56(84-39)82-37-18-27-32(80-51(37)25-7-9-28(58)30(60)15-25)16-26(57)17-33(27)81-54-50(73)48(71)46(69)38(83-54)22-78-43(66)19-40(62)63/h5-6,10-11,23-39,44-61,67-73H,4,7-9,12-22H2,1-3H3,(H,62,63)/p+1. The maximum atomic E-state index is 13.6. The molecule has 0 aromatic heterocycles. The van der Waals surface area contributed by atoms with E-state index in [1.807, 2.05) is 0 Å². The number of carboxylic acids is 1. The monoisotopic (exact) mass is 1240 g/mol. The van der Waals surface area contributed by atoms with Gasteiger partial charge in [0.25, 0.3) is 0 Å². The molecule has 0 amide bonds. The molecule has 4 heterocycles. The number of fused-ring (bicyclic) bond motifs is 1. The van der Waals surface area contributed by atoms with Gasteiger partial charge in [-0.15, -0.1) is 0 Å². The van der Waals surface area contributed by atoms with Crippen LogP contribution in [0.1, 0.15) is 77.0 Å². The van der Waals surface area contributed by atoms with Crippen molar-refractivity contribution in [2.45, 2.75) is 236 Å². The van der Waals surface area contributed by atoms with Crippen LogP contribution in [0.15, 0.2) is 24.3 Å². The lowest BCUT2D eigenvalue weighted by Gasteiger charge is -2.50. The van der Waals surface area contributed by atoms with Crippen LogP contribution in [0.3, 0.4) is 0 Å².